The van der Waals surface area contributed by atoms with Crippen molar-refractivity contribution in [2.45, 2.75) is 26.9 Å². The quantitative estimate of drug-likeness (QED) is 0.152. The Hall–Kier alpha value is -5.52. The van der Waals surface area contributed by atoms with Crippen molar-refractivity contribution in [1.29, 1.82) is 10.5 Å². The summed E-state index contributed by atoms with van der Waals surface area (Å²) >= 11 is 0.732. The number of amides is 1. The average molecular weight is 574 g/mol. The summed E-state index contributed by atoms with van der Waals surface area (Å²) in [5.74, 6) is -0.415. The standard InChI is InChI=1S/C31H23N7O3S/c1-18-11-13-21(14-12-18)36-37-28-31(40)42-30(38(28)22-8-5-4-6-9-22)24(17-33)29(39)35-27-23(16-32)26(19(2)20(3)34-27)25-10-7-15-41-25/h4-15,28H,1-3H3,(H,34,35,39)/b30-24-,37-36?. The van der Waals surface area contributed by atoms with Gasteiger partial charge in [0.15, 0.2) is 5.82 Å². The SMILES string of the molecule is Cc1ccc(N=NC2C(=O)S/C(=C(/C#N)C(=O)Nc3nc(C)c(C)c(-c4ccco4)c3C#N)N2c2ccccc2)cc1. The van der Waals surface area contributed by atoms with Gasteiger partial charge in [-0.05, 0) is 74.5 Å². The van der Waals surface area contributed by atoms with E-state index in [1.807, 2.05) is 31.2 Å². The number of benzene rings is 2. The number of rotatable bonds is 6. The molecule has 10 nitrogen and oxygen atoms in total. The number of thioether (sulfide) groups is 1. The number of azo groups is 1. The van der Waals surface area contributed by atoms with E-state index >= 15 is 0 Å². The van der Waals surface area contributed by atoms with Crippen molar-refractivity contribution >= 4 is 40.0 Å². The third-order valence-electron chi connectivity index (χ3n) is 6.57. The highest BCUT2D eigenvalue weighted by molar-refractivity contribution is 8.17. The summed E-state index contributed by atoms with van der Waals surface area (Å²) < 4.78 is 5.54. The van der Waals surface area contributed by atoms with Crippen LogP contribution in [0.15, 0.2) is 98.2 Å². The second kappa shape index (κ2) is 11.9. The van der Waals surface area contributed by atoms with E-state index in [2.05, 4.69) is 26.6 Å². The van der Waals surface area contributed by atoms with Gasteiger partial charge in [0.25, 0.3) is 5.91 Å². The van der Waals surface area contributed by atoms with Gasteiger partial charge in [-0.25, -0.2) is 4.98 Å². The van der Waals surface area contributed by atoms with Gasteiger partial charge in [-0.2, -0.15) is 20.8 Å². The molecule has 5 rings (SSSR count). The predicted molar refractivity (Wildman–Crippen MR) is 158 cm³/mol. The third kappa shape index (κ3) is 5.42. The fourth-order valence-corrected chi connectivity index (χ4v) is 5.34. The normalized spacial score (nSPS) is 15.9. The summed E-state index contributed by atoms with van der Waals surface area (Å²) in [4.78, 5) is 32.8. The van der Waals surface area contributed by atoms with Gasteiger partial charge in [-0.3, -0.25) is 9.59 Å². The van der Waals surface area contributed by atoms with Crippen LogP contribution in [-0.2, 0) is 9.59 Å². The van der Waals surface area contributed by atoms with E-state index in [1.165, 1.54) is 11.2 Å². The summed E-state index contributed by atoms with van der Waals surface area (Å²) in [5.41, 5.74) is 3.67. The Kier molecular flexibility index (Phi) is 7.96. The smallest absolute Gasteiger partial charge is 0.270 e. The number of nitriles is 2. The first-order chi connectivity index (χ1) is 20.3. The van der Waals surface area contributed by atoms with Crippen molar-refractivity contribution < 1.29 is 14.0 Å². The van der Waals surface area contributed by atoms with Gasteiger partial charge in [0, 0.05) is 16.9 Å². The molecular weight excluding hydrogens is 550 g/mol. The minimum atomic E-state index is -1.12. The number of hydrogen-bond donors (Lipinski definition) is 1. The second-order valence-electron chi connectivity index (χ2n) is 9.31. The molecule has 1 aliphatic rings. The number of para-hydroxylation sites is 1. The van der Waals surface area contributed by atoms with Crippen molar-refractivity contribution in [2.24, 2.45) is 10.2 Å². The molecule has 1 amide bonds. The maximum Gasteiger partial charge on any atom is 0.270 e. The van der Waals surface area contributed by atoms with Gasteiger partial charge in [-0.15, -0.1) is 0 Å². The van der Waals surface area contributed by atoms with E-state index in [4.69, 9.17) is 4.42 Å². The first-order valence-electron chi connectivity index (χ1n) is 12.8. The molecular formula is C31H23N7O3S. The lowest BCUT2D eigenvalue weighted by molar-refractivity contribution is -0.113. The first-order valence-corrected chi connectivity index (χ1v) is 13.6. The average Bonchev–Trinajstić information content (AvgIpc) is 3.63. The molecule has 0 aliphatic carbocycles. The third-order valence-corrected chi connectivity index (χ3v) is 7.58. The number of anilines is 2. The van der Waals surface area contributed by atoms with Crippen LogP contribution in [0.5, 0.6) is 0 Å². The monoisotopic (exact) mass is 573 g/mol. The summed E-state index contributed by atoms with van der Waals surface area (Å²) in [6.07, 6.45) is 0.367. The van der Waals surface area contributed by atoms with Gasteiger partial charge < -0.3 is 14.6 Å². The van der Waals surface area contributed by atoms with Gasteiger partial charge >= 0.3 is 0 Å². The van der Waals surface area contributed by atoms with E-state index in [9.17, 15) is 20.1 Å². The number of aromatic nitrogens is 1. The molecule has 0 bridgehead atoms. The summed E-state index contributed by atoms with van der Waals surface area (Å²) in [6.45, 7) is 5.50. The Balaban J connectivity index is 1.56. The zero-order valence-corrected chi connectivity index (χ0v) is 23.6. The van der Waals surface area contributed by atoms with E-state index in [0.29, 0.717) is 34.0 Å². The van der Waals surface area contributed by atoms with Gasteiger partial charge in [0.1, 0.15) is 34.1 Å². The zero-order chi connectivity index (χ0) is 29.8. The fourth-order valence-electron chi connectivity index (χ4n) is 4.35. The number of nitrogens with zero attached hydrogens (tertiary/aromatic N) is 6. The van der Waals surface area contributed by atoms with Crippen LogP contribution in [0.4, 0.5) is 17.2 Å². The summed E-state index contributed by atoms with van der Waals surface area (Å²) in [6, 6.07) is 23.6. The molecule has 1 saturated heterocycles. The molecule has 1 atom stereocenters. The minimum absolute atomic E-state index is 0.0263. The molecule has 2 aromatic carbocycles. The Labute approximate surface area is 246 Å². The van der Waals surface area contributed by atoms with E-state index in [0.717, 1.165) is 17.3 Å². The molecule has 1 aliphatic heterocycles. The fraction of sp³-hybridized carbons (Fsp3) is 0.129. The maximum atomic E-state index is 13.6. The molecule has 2 aromatic heterocycles. The lowest BCUT2D eigenvalue weighted by Crippen LogP contribution is -2.31. The number of pyridine rings is 1. The summed E-state index contributed by atoms with van der Waals surface area (Å²) in [5, 5.41) is 31.0. The minimum Gasteiger partial charge on any atom is -0.464 e. The van der Waals surface area contributed by atoms with E-state index < -0.39 is 17.2 Å². The van der Waals surface area contributed by atoms with Crippen molar-refractivity contribution in [3.8, 4) is 23.5 Å². The predicted octanol–water partition coefficient (Wildman–Crippen LogP) is 6.70. The van der Waals surface area contributed by atoms with Crippen LogP contribution in [0.2, 0.25) is 0 Å². The number of carbonyl (C=O) groups excluding carboxylic acids is 2. The van der Waals surface area contributed by atoms with E-state index in [-0.39, 0.29) is 22.0 Å². The molecule has 42 heavy (non-hydrogen) atoms. The molecule has 11 heteroatoms. The molecule has 4 aromatic rings. The molecule has 0 saturated carbocycles. The largest absolute Gasteiger partial charge is 0.464 e. The van der Waals surface area contributed by atoms with Crippen molar-refractivity contribution in [3.63, 3.8) is 0 Å². The van der Waals surface area contributed by atoms with Crippen LogP contribution in [0, 0.1) is 43.4 Å². The highest BCUT2D eigenvalue weighted by atomic mass is 32.2. The van der Waals surface area contributed by atoms with Gasteiger partial charge in [0.2, 0.25) is 11.3 Å². The number of aryl methyl sites for hydroxylation is 2. The summed E-state index contributed by atoms with van der Waals surface area (Å²) in [7, 11) is 0. The van der Waals surface area contributed by atoms with Crippen molar-refractivity contribution in [1.82, 2.24) is 4.98 Å². The number of furan rings is 1. The second-order valence-corrected chi connectivity index (χ2v) is 10.3. The van der Waals surface area contributed by atoms with Crippen molar-refractivity contribution in [3.05, 3.63) is 106 Å². The molecule has 1 N–H and O–H groups in total. The van der Waals surface area contributed by atoms with Crippen molar-refractivity contribution in [2.75, 3.05) is 10.2 Å². The van der Waals surface area contributed by atoms with Crippen LogP contribution in [0.1, 0.15) is 22.4 Å². The van der Waals surface area contributed by atoms with Crippen LogP contribution in [-0.4, -0.2) is 22.2 Å². The van der Waals surface area contributed by atoms with Crippen LogP contribution in [0.25, 0.3) is 11.3 Å². The lowest BCUT2D eigenvalue weighted by atomic mass is 10.00. The van der Waals surface area contributed by atoms with Crippen LogP contribution in [0.3, 0.4) is 0 Å². The van der Waals surface area contributed by atoms with Gasteiger partial charge in [0.05, 0.1) is 12.0 Å². The molecule has 206 valence electrons. The molecule has 1 fully saturated rings. The van der Waals surface area contributed by atoms with Crippen LogP contribution >= 0.6 is 11.8 Å². The topological polar surface area (TPSA) is 148 Å². The van der Waals surface area contributed by atoms with Crippen LogP contribution < -0.4 is 10.2 Å². The Morgan fingerprint density at radius 2 is 1.79 bits per heavy atom. The highest BCUT2D eigenvalue weighted by Gasteiger charge is 2.41. The Bertz CT molecular complexity index is 1820. The number of hydrogen-bond acceptors (Lipinski definition) is 10. The Morgan fingerprint density at radius 3 is 2.43 bits per heavy atom. The highest BCUT2D eigenvalue weighted by Crippen LogP contribution is 2.41. The zero-order valence-electron chi connectivity index (χ0n) is 22.8. The maximum absolute atomic E-state index is 13.6. The molecule has 0 radical (unpaired) electrons. The lowest BCUT2D eigenvalue weighted by Gasteiger charge is -2.23. The Morgan fingerprint density at radius 1 is 1.05 bits per heavy atom. The molecule has 3 heterocycles. The molecule has 1 unspecified atom stereocenters. The van der Waals surface area contributed by atoms with E-state index in [1.54, 1.807) is 62.4 Å². The number of carbonyl (C=O) groups is 2. The first kappa shape index (κ1) is 28.0. The molecule has 0 spiro atoms. The number of nitrogens with one attached hydrogen (secondary N) is 1. The van der Waals surface area contributed by atoms with Gasteiger partial charge in [-0.1, -0.05) is 35.9 Å².